The van der Waals surface area contributed by atoms with Crippen molar-refractivity contribution in [2.24, 2.45) is 5.92 Å². The van der Waals surface area contributed by atoms with Gasteiger partial charge in [0.2, 0.25) is 5.91 Å². The van der Waals surface area contributed by atoms with Gasteiger partial charge in [-0.2, -0.15) is 5.10 Å². The molecule has 2 aromatic carbocycles. The summed E-state index contributed by atoms with van der Waals surface area (Å²) in [6.07, 6.45) is 0.431. The molecule has 0 N–H and O–H groups in total. The highest BCUT2D eigenvalue weighted by atomic mass is 32.2. The maximum absolute atomic E-state index is 13.2. The molecule has 1 aromatic heterocycles. The molecule has 8 heteroatoms. The van der Waals surface area contributed by atoms with Crippen LogP contribution >= 0.6 is 0 Å². The minimum Gasteiger partial charge on any atom is -0.337 e. The molecule has 1 saturated heterocycles. The predicted octanol–water partition coefficient (Wildman–Crippen LogP) is 2.74. The topological polar surface area (TPSA) is 89.3 Å². The second kappa shape index (κ2) is 8.86. The van der Waals surface area contributed by atoms with Crippen LogP contribution in [0.4, 0.5) is 0 Å². The van der Waals surface area contributed by atoms with E-state index in [9.17, 15) is 18.0 Å². The van der Waals surface area contributed by atoms with Crippen LogP contribution in [0.15, 0.2) is 59.4 Å². The molecule has 0 bridgehead atoms. The number of sulfone groups is 1. The summed E-state index contributed by atoms with van der Waals surface area (Å²) in [5.74, 6) is -0.0398. The second-order valence-corrected chi connectivity index (χ2v) is 11.0. The molecule has 2 heterocycles. The van der Waals surface area contributed by atoms with Gasteiger partial charge in [-0.15, -0.1) is 0 Å². The van der Waals surface area contributed by atoms with Gasteiger partial charge in [-0.25, -0.2) is 13.1 Å². The summed E-state index contributed by atoms with van der Waals surface area (Å²) >= 11 is 0. The monoisotopic (exact) mass is 453 g/mol. The number of fused-ring (bicyclic) bond motifs is 1. The molecule has 0 saturated carbocycles. The van der Waals surface area contributed by atoms with E-state index < -0.39 is 9.84 Å². The van der Waals surface area contributed by atoms with Gasteiger partial charge in [0.15, 0.2) is 9.84 Å². The van der Waals surface area contributed by atoms with Crippen molar-refractivity contribution in [3.63, 3.8) is 0 Å². The van der Waals surface area contributed by atoms with E-state index in [4.69, 9.17) is 0 Å². The molecule has 168 valence electrons. The Morgan fingerprint density at radius 2 is 1.88 bits per heavy atom. The molecule has 32 heavy (non-hydrogen) atoms. The van der Waals surface area contributed by atoms with Gasteiger partial charge in [0.1, 0.15) is 6.54 Å². The highest BCUT2D eigenvalue weighted by Gasteiger charge is 2.35. The van der Waals surface area contributed by atoms with E-state index in [1.165, 1.54) is 10.7 Å². The summed E-state index contributed by atoms with van der Waals surface area (Å²) in [4.78, 5) is 27.2. The maximum Gasteiger partial charge on any atom is 0.267 e. The lowest BCUT2D eigenvalue weighted by atomic mass is 10.1. The van der Waals surface area contributed by atoms with Crippen LogP contribution in [0.2, 0.25) is 0 Å². The lowest BCUT2D eigenvalue weighted by Crippen LogP contribution is -2.46. The average molecular weight is 454 g/mol. The lowest BCUT2D eigenvalue weighted by molar-refractivity contribution is -0.134. The van der Waals surface area contributed by atoms with Crippen molar-refractivity contribution >= 4 is 26.5 Å². The molecule has 0 unspecified atom stereocenters. The van der Waals surface area contributed by atoms with E-state index in [1.807, 2.05) is 56.3 Å². The molecule has 3 aromatic rings. The number of nitrogens with zero attached hydrogens (tertiary/aromatic N) is 3. The molecule has 1 atom stereocenters. The van der Waals surface area contributed by atoms with E-state index in [-0.39, 0.29) is 41.5 Å². The fourth-order valence-corrected chi connectivity index (χ4v) is 5.88. The number of benzene rings is 2. The third kappa shape index (κ3) is 4.91. The third-order valence-corrected chi connectivity index (χ3v) is 7.48. The van der Waals surface area contributed by atoms with Crippen LogP contribution in [0.5, 0.6) is 0 Å². The first-order valence-electron chi connectivity index (χ1n) is 10.8. The molecule has 1 aliphatic rings. The van der Waals surface area contributed by atoms with E-state index in [0.29, 0.717) is 18.7 Å². The fourth-order valence-electron chi connectivity index (χ4n) is 4.15. The number of carbonyl (C=O) groups excluding carboxylic acids is 1. The first-order valence-corrected chi connectivity index (χ1v) is 12.6. The SMILES string of the molecule is CC(C)CN(C(=O)Cn1nc(-c2ccc3ccccc3c2)ccc1=O)[C@H]1CCS(=O)(=O)C1. The summed E-state index contributed by atoms with van der Waals surface area (Å²) in [6.45, 7) is 4.19. The lowest BCUT2D eigenvalue weighted by Gasteiger charge is -2.30. The second-order valence-electron chi connectivity index (χ2n) is 8.77. The molecule has 0 radical (unpaired) electrons. The molecule has 1 fully saturated rings. The summed E-state index contributed by atoms with van der Waals surface area (Å²) in [7, 11) is -3.13. The van der Waals surface area contributed by atoms with Crippen LogP contribution in [-0.2, 0) is 21.2 Å². The van der Waals surface area contributed by atoms with Gasteiger partial charge in [0, 0.05) is 24.2 Å². The number of carbonyl (C=O) groups is 1. The molecule has 4 rings (SSSR count). The van der Waals surface area contributed by atoms with Gasteiger partial charge in [0.25, 0.3) is 5.56 Å². The first kappa shape index (κ1) is 22.2. The quantitative estimate of drug-likeness (QED) is 0.573. The standard InChI is InChI=1S/C24H27N3O4S/c1-17(2)14-26(21-11-12-32(30,31)16-21)24(29)15-27-23(28)10-9-22(25-27)20-8-7-18-5-3-4-6-19(18)13-20/h3-10,13,17,21H,11-12,14-16H2,1-2H3/t21-/m0/s1. The number of amides is 1. The van der Waals surface area contributed by atoms with Crippen molar-refractivity contribution in [3.8, 4) is 11.3 Å². The van der Waals surface area contributed by atoms with Crippen LogP contribution in [-0.4, -0.2) is 53.1 Å². The maximum atomic E-state index is 13.2. The molecule has 0 aliphatic carbocycles. The zero-order chi connectivity index (χ0) is 22.9. The molecule has 1 amide bonds. The van der Waals surface area contributed by atoms with E-state index in [1.54, 1.807) is 11.0 Å². The smallest absolute Gasteiger partial charge is 0.267 e. The van der Waals surface area contributed by atoms with E-state index in [0.717, 1.165) is 16.3 Å². The van der Waals surface area contributed by atoms with Crippen LogP contribution < -0.4 is 5.56 Å². The van der Waals surface area contributed by atoms with Crippen LogP contribution in [0.25, 0.3) is 22.0 Å². The molecule has 0 spiro atoms. The van der Waals surface area contributed by atoms with Crippen molar-refractivity contribution in [2.75, 3.05) is 18.1 Å². The van der Waals surface area contributed by atoms with Crippen molar-refractivity contribution in [3.05, 3.63) is 65.0 Å². The molecule has 7 nitrogen and oxygen atoms in total. The van der Waals surface area contributed by atoms with Gasteiger partial charge in [-0.1, -0.05) is 50.2 Å². The number of rotatable bonds is 6. The van der Waals surface area contributed by atoms with Crippen LogP contribution in [0, 0.1) is 5.92 Å². The highest BCUT2D eigenvalue weighted by Crippen LogP contribution is 2.23. The number of hydrogen-bond donors (Lipinski definition) is 0. The van der Waals surface area contributed by atoms with Crippen molar-refractivity contribution in [1.29, 1.82) is 0 Å². The fraction of sp³-hybridized carbons (Fsp3) is 0.375. The average Bonchev–Trinajstić information content (AvgIpc) is 3.12. The minimum atomic E-state index is -3.13. The van der Waals surface area contributed by atoms with Gasteiger partial charge in [-0.05, 0) is 35.2 Å². The van der Waals surface area contributed by atoms with Crippen molar-refractivity contribution in [2.45, 2.75) is 32.9 Å². The summed E-state index contributed by atoms with van der Waals surface area (Å²) in [5.41, 5.74) is 1.08. The predicted molar refractivity (Wildman–Crippen MR) is 125 cm³/mol. The summed E-state index contributed by atoms with van der Waals surface area (Å²) in [6, 6.07) is 16.6. The molecular weight excluding hydrogens is 426 g/mol. The molecular formula is C24H27N3O4S. The van der Waals surface area contributed by atoms with E-state index in [2.05, 4.69) is 5.10 Å². The zero-order valence-electron chi connectivity index (χ0n) is 18.3. The Kier molecular flexibility index (Phi) is 6.15. The summed E-state index contributed by atoms with van der Waals surface area (Å²) in [5, 5.41) is 6.61. The molecule has 1 aliphatic heterocycles. The van der Waals surface area contributed by atoms with E-state index >= 15 is 0 Å². The minimum absolute atomic E-state index is 0.0229. The van der Waals surface area contributed by atoms with Crippen molar-refractivity contribution < 1.29 is 13.2 Å². The van der Waals surface area contributed by atoms with Crippen LogP contribution in [0.3, 0.4) is 0 Å². The normalized spacial score (nSPS) is 17.7. The van der Waals surface area contributed by atoms with Gasteiger partial charge >= 0.3 is 0 Å². The largest absolute Gasteiger partial charge is 0.337 e. The third-order valence-electron chi connectivity index (χ3n) is 5.73. The Hall–Kier alpha value is -3.00. The Labute approximate surface area is 187 Å². The Bertz CT molecular complexity index is 1310. The Morgan fingerprint density at radius 3 is 2.56 bits per heavy atom. The van der Waals surface area contributed by atoms with Gasteiger partial charge in [-0.3, -0.25) is 9.59 Å². The zero-order valence-corrected chi connectivity index (χ0v) is 19.1. The number of aromatic nitrogens is 2. The Morgan fingerprint density at radius 1 is 1.12 bits per heavy atom. The summed E-state index contributed by atoms with van der Waals surface area (Å²) < 4.78 is 25.1. The van der Waals surface area contributed by atoms with Gasteiger partial charge in [0.05, 0.1) is 17.2 Å². The van der Waals surface area contributed by atoms with Gasteiger partial charge < -0.3 is 4.90 Å². The highest BCUT2D eigenvalue weighted by molar-refractivity contribution is 7.91. The van der Waals surface area contributed by atoms with Crippen molar-refractivity contribution in [1.82, 2.24) is 14.7 Å². The number of hydrogen-bond acceptors (Lipinski definition) is 5. The Balaban J connectivity index is 1.61. The van der Waals surface area contributed by atoms with Crippen LogP contribution in [0.1, 0.15) is 20.3 Å². The first-order chi connectivity index (χ1) is 15.2.